The van der Waals surface area contributed by atoms with Crippen LogP contribution < -0.4 is 10.5 Å². The van der Waals surface area contributed by atoms with Gasteiger partial charge in [-0.3, -0.25) is 0 Å². The summed E-state index contributed by atoms with van der Waals surface area (Å²) < 4.78 is 5.32. The average Bonchev–Trinajstić information content (AvgIpc) is 2.52. The Morgan fingerprint density at radius 2 is 1.95 bits per heavy atom. The summed E-state index contributed by atoms with van der Waals surface area (Å²) in [7, 11) is 1.68. The minimum Gasteiger partial charge on any atom is -0.497 e. The highest BCUT2D eigenvalue weighted by atomic mass is 35.5. The van der Waals surface area contributed by atoms with Crippen LogP contribution in [0.2, 0.25) is 5.02 Å². The number of methoxy groups -OCH3 is 1. The Bertz CT molecular complexity index is 591. The maximum Gasteiger partial charge on any atom is 0.119 e. The van der Waals surface area contributed by atoms with E-state index in [9.17, 15) is 0 Å². The van der Waals surface area contributed by atoms with Gasteiger partial charge in [0, 0.05) is 21.2 Å². The number of rotatable bonds is 6. The van der Waals surface area contributed by atoms with Crippen LogP contribution in [0.1, 0.15) is 24.2 Å². The van der Waals surface area contributed by atoms with E-state index < -0.39 is 0 Å². The lowest BCUT2D eigenvalue weighted by Gasteiger charge is -2.23. The predicted octanol–water partition coefficient (Wildman–Crippen LogP) is 4.92. The maximum atomic E-state index is 6.33. The van der Waals surface area contributed by atoms with Crippen LogP contribution in [0.25, 0.3) is 0 Å². The predicted molar refractivity (Wildman–Crippen MR) is 91.3 cm³/mol. The fourth-order valence-corrected chi connectivity index (χ4v) is 3.67. The minimum atomic E-state index is 0.0705. The van der Waals surface area contributed by atoms with Crippen molar-refractivity contribution in [2.45, 2.75) is 29.5 Å². The van der Waals surface area contributed by atoms with Crippen molar-refractivity contribution < 1.29 is 4.74 Å². The van der Waals surface area contributed by atoms with E-state index in [4.69, 9.17) is 22.1 Å². The zero-order valence-corrected chi connectivity index (χ0v) is 13.8. The fourth-order valence-electron chi connectivity index (χ4n) is 2.12. The molecule has 2 rings (SSSR count). The molecule has 0 amide bonds. The van der Waals surface area contributed by atoms with E-state index in [1.54, 1.807) is 18.9 Å². The second-order valence-electron chi connectivity index (χ2n) is 4.84. The standard InChI is InChI=1S/C17H20ClNOS/c1-3-16(19)17(12-6-4-8-14(10-12)20-2)21-15-9-5-7-13(18)11-15/h4-11,16-17H,3,19H2,1-2H3. The van der Waals surface area contributed by atoms with Crippen LogP contribution in [0.4, 0.5) is 0 Å². The van der Waals surface area contributed by atoms with Crippen LogP contribution in [0.3, 0.4) is 0 Å². The molecule has 0 aromatic heterocycles. The summed E-state index contributed by atoms with van der Waals surface area (Å²) in [5.74, 6) is 0.854. The van der Waals surface area contributed by atoms with Crippen LogP contribution in [-0.2, 0) is 0 Å². The Labute approximate surface area is 135 Å². The first-order chi connectivity index (χ1) is 10.1. The summed E-state index contributed by atoms with van der Waals surface area (Å²) >= 11 is 7.81. The van der Waals surface area contributed by atoms with Gasteiger partial charge in [0.05, 0.1) is 7.11 Å². The first-order valence-corrected chi connectivity index (χ1v) is 8.21. The van der Waals surface area contributed by atoms with E-state index in [-0.39, 0.29) is 11.3 Å². The van der Waals surface area contributed by atoms with Crippen molar-refractivity contribution in [1.82, 2.24) is 0 Å². The molecule has 2 aromatic carbocycles. The van der Waals surface area contributed by atoms with E-state index in [0.29, 0.717) is 0 Å². The average molecular weight is 322 g/mol. The third-order valence-electron chi connectivity index (χ3n) is 3.34. The molecule has 0 saturated heterocycles. The van der Waals surface area contributed by atoms with Crippen LogP contribution in [0.15, 0.2) is 53.4 Å². The van der Waals surface area contributed by atoms with Gasteiger partial charge in [-0.25, -0.2) is 0 Å². The maximum absolute atomic E-state index is 6.33. The third-order valence-corrected chi connectivity index (χ3v) is 4.98. The molecule has 21 heavy (non-hydrogen) atoms. The molecular formula is C17H20ClNOS. The summed E-state index contributed by atoms with van der Waals surface area (Å²) in [6, 6.07) is 16.0. The minimum absolute atomic E-state index is 0.0705. The molecule has 4 heteroatoms. The molecule has 2 atom stereocenters. The van der Waals surface area contributed by atoms with Gasteiger partial charge in [0.1, 0.15) is 5.75 Å². The summed E-state index contributed by atoms with van der Waals surface area (Å²) in [6.07, 6.45) is 0.912. The van der Waals surface area contributed by atoms with Crippen molar-refractivity contribution in [2.24, 2.45) is 5.73 Å². The summed E-state index contributed by atoms with van der Waals surface area (Å²) in [5.41, 5.74) is 7.51. The molecule has 0 heterocycles. The van der Waals surface area contributed by atoms with Crippen LogP contribution in [0, 0.1) is 0 Å². The molecule has 0 aliphatic heterocycles. The molecule has 2 N–H and O–H groups in total. The Hall–Kier alpha value is -1.16. The number of ether oxygens (including phenoxy) is 1. The lowest BCUT2D eigenvalue weighted by Crippen LogP contribution is -2.25. The number of benzene rings is 2. The molecule has 2 nitrogen and oxygen atoms in total. The number of nitrogens with two attached hydrogens (primary N) is 1. The molecular weight excluding hydrogens is 302 g/mol. The van der Waals surface area contributed by atoms with Crippen LogP contribution >= 0.6 is 23.4 Å². The zero-order chi connectivity index (χ0) is 15.2. The molecule has 2 unspecified atom stereocenters. The van der Waals surface area contributed by atoms with Crippen molar-refractivity contribution >= 4 is 23.4 Å². The van der Waals surface area contributed by atoms with Gasteiger partial charge in [-0.2, -0.15) is 0 Å². The molecule has 0 saturated carbocycles. The second kappa shape index (κ2) is 7.74. The Balaban J connectivity index is 2.29. The van der Waals surface area contributed by atoms with E-state index in [1.165, 1.54) is 5.56 Å². The van der Waals surface area contributed by atoms with Gasteiger partial charge in [-0.15, -0.1) is 11.8 Å². The zero-order valence-electron chi connectivity index (χ0n) is 12.3. The number of thioether (sulfide) groups is 1. The van der Waals surface area contributed by atoms with E-state index >= 15 is 0 Å². The van der Waals surface area contributed by atoms with Gasteiger partial charge in [0.25, 0.3) is 0 Å². The highest BCUT2D eigenvalue weighted by Crippen LogP contribution is 2.39. The largest absolute Gasteiger partial charge is 0.497 e. The topological polar surface area (TPSA) is 35.2 Å². The SMILES string of the molecule is CCC(N)C(Sc1cccc(Cl)c1)c1cccc(OC)c1. The van der Waals surface area contributed by atoms with Gasteiger partial charge in [-0.05, 0) is 42.3 Å². The third kappa shape index (κ3) is 4.40. The van der Waals surface area contributed by atoms with Crippen molar-refractivity contribution in [3.05, 3.63) is 59.1 Å². The van der Waals surface area contributed by atoms with Gasteiger partial charge < -0.3 is 10.5 Å². The summed E-state index contributed by atoms with van der Waals surface area (Å²) in [6.45, 7) is 2.11. The lowest BCUT2D eigenvalue weighted by atomic mass is 10.0. The summed E-state index contributed by atoms with van der Waals surface area (Å²) in [5, 5.41) is 0.915. The highest BCUT2D eigenvalue weighted by molar-refractivity contribution is 7.99. The molecule has 0 radical (unpaired) electrons. The Morgan fingerprint density at radius 1 is 1.19 bits per heavy atom. The first kappa shape index (κ1) is 16.2. The van der Waals surface area contributed by atoms with Crippen molar-refractivity contribution in [1.29, 1.82) is 0 Å². The van der Waals surface area contributed by atoms with Crippen molar-refractivity contribution in [2.75, 3.05) is 7.11 Å². The van der Waals surface area contributed by atoms with Crippen LogP contribution in [0.5, 0.6) is 5.75 Å². The Morgan fingerprint density at radius 3 is 2.62 bits per heavy atom. The van der Waals surface area contributed by atoms with E-state index in [0.717, 1.165) is 22.1 Å². The van der Waals surface area contributed by atoms with Gasteiger partial charge in [0.2, 0.25) is 0 Å². The quantitative estimate of drug-likeness (QED) is 0.767. The molecule has 0 fully saturated rings. The van der Waals surface area contributed by atoms with Gasteiger partial charge >= 0.3 is 0 Å². The number of hydrogen-bond donors (Lipinski definition) is 1. The molecule has 0 bridgehead atoms. The molecule has 0 spiro atoms. The van der Waals surface area contributed by atoms with Crippen molar-refractivity contribution in [3.8, 4) is 5.75 Å². The van der Waals surface area contributed by atoms with Crippen LogP contribution in [-0.4, -0.2) is 13.2 Å². The smallest absolute Gasteiger partial charge is 0.119 e. The first-order valence-electron chi connectivity index (χ1n) is 6.95. The van der Waals surface area contributed by atoms with E-state index in [1.807, 2.05) is 30.3 Å². The Kier molecular flexibility index (Phi) is 5.97. The number of halogens is 1. The highest BCUT2D eigenvalue weighted by Gasteiger charge is 2.20. The van der Waals surface area contributed by atoms with E-state index in [2.05, 4.69) is 25.1 Å². The normalized spacial score (nSPS) is 13.7. The molecule has 0 aliphatic carbocycles. The van der Waals surface area contributed by atoms with Gasteiger partial charge in [-0.1, -0.05) is 36.7 Å². The molecule has 2 aromatic rings. The second-order valence-corrected chi connectivity index (χ2v) is 6.50. The van der Waals surface area contributed by atoms with Crippen molar-refractivity contribution in [3.63, 3.8) is 0 Å². The monoisotopic (exact) mass is 321 g/mol. The molecule has 0 aliphatic rings. The fraction of sp³-hybridized carbons (Fsp3) is 0.294. The molecule has 112 valence electrons. The number of hydrogen-bond acceptors (Lipinski definition) is 3. The summed E-state index contributed by atoms with van der Waals surface area (Å²) in [4.78, 5) is 1.12. The van der Waals surface area contributed by atoms with Gasteiger partial charge in [0.15, 0.2) is 0 Å². The lowest BCUT2D eigenvalue weighted by molar-refractivity contribution is 0.414.